The Morgan fingerprint density at radius 1 is 0.442 bits per heavy atom. The molecule has 0 N–H and O–H groups in total. The van der Waals surface area contributed by atoms with Gasteiger partial charge in [0, 0.05) is 22.7 Å². The third-order valence-electron chi connectivity index (χ3n) is 9.33. The molecule has 4 nitrogen and oxygen atoms in total. The van der Waals surface area contributed by atoms with E-state index in [1.807, 2.05) is 48.5 Å². The van der Waals surface area contributed by atoms with Crippen molar-refractivity contribution >= 4 is 68.8 Å². The van der Waals surface area contributed by atoms with Gasteiger partial charge in [-0.1, -0.05) is 201 Å². The summed E-state index contributed by atoms with van der Waals surface area (Å²) in [5, 5.41) is 4.41. The van der Waals surface area contributed by atoms with Gasteiger partial charge >= 0.3 is 11.9 Å². The predicted molar refractivity (Wildman–Crippen MR) is 230 cm³/mol. The van der Waals surface area contributed by atoms with E-state index >= 15 is 0 Å². The molecule has 0 aromatic heterocycles. The van der Waals surface area contributed by atoms with E-state index in [1.54, 1.807) is 47.0 Å². The molecule has 0 saturated heterocycles. The number of benzene rings is 2. The minimum absolute atomic E-state index is 0.141. The molecule has 2 aromatic rings. The van der Waals surface area contributed by atoms with E-state index in [1.165, 1.54) is 121 Å². The van der Waals surface area contributed by atoms with Crippen LogP contribution in [0.1, 0.15) is 166 Å². The first-order valence-corrected chi connectivity index (χ1v) is 23.4. The second-order valence-corrected chi connectivity index (χ2v) is 18.2. The Morgan fingerprint density at radius 3 is 1.08 bits per heavy atom. The van der Waals surface area contributed by atoms with Crippen LogP contribution in [0, 0.1) is 0 Å². The van der Waals surface area contributed by atoms with E-state index in [9.17, 15) is 9.59 Å². The van der Waals surface area contributed by atoms with Crippen LogP contribution in [0.4, 0.5) is 0 Å². The molecule has 2 heterocycles. The molecule has 2 aromatic carbocycles. The molecule has 0 aliphatic carbocycles. The van der Waals surface area contributed by atoms with E-state index in [-0.39, 0.29) is 11.9 Å². The molecule has 0 bridgehead atoms. The van der Waals surface area contributed by atoms with Crippen LogP contribution >= 0.6 is 47.0 Å². The van der Waals surface area contributed by atoms with Crippen LogP contribution < -0.4 is 9.47 Å². The zero-order valence-electron chi connectivity index (χ0n) is 31.6. The lowest BCUT2D eigenvalue weighted by atomic mass is 10.1. The average Bonchev–Trinajstić information content (AvgIpc) is 3.85. The molecular weight excluding hydrogens is 721 g/mol. The Kier molecular flexibility index (Phi) is 21.3. The van der Waals surface area contributed by atoms with Gasteiger partial charge in [0.25, 0.3) is 0 Å². The monoisotopic (exact) mass is 780 g/mol. The van der Waals surface area contributed by atoms with Gasteiger partial charge in [0.05, 0.1) is 8.47 Å². The van der Waals surface area contributed by atoms with Gasteiger partial charge in [-0.15, -0.1) is 0 Å². The first-order valence-electron chi connectivity index (χ1n) is 20.0. The number of thioether (sulfide) groups is 4. The van der Waals surface area contributed by atoms with E-state index in [0.717, 1.165) is 36.8 Å². The fraction of sp³-hybridized carbons (Fsp3) is 0.545. The standard InChI is InChI=1S/C44H60O4S4/c1-3-5-7-9-11-13-15-17-19-21-23-41(45)47-37-29-25-35(26-30-37)39-33-49-43(51-39)44-50-34-40(52-44)36-27-31-38(32-28-36)48-42(46)24-22-20-18-16-14-12-10-8-6-4-2/h25-34H,3-24H2,1-2H3/b44-43+. The van der Waals surface area contributed by atoms with Crippen LogP contribution in [-0.2, 0) is 9.59 Å². The Morgan fingerprint density at radius 2 is 0.750 bits per heavy atom. The van der Waals surface area contributed by atoms with Crippen molar-refractivity contribution in [3.05, 3.63) is 78.9 Å². The summed E-state index contributed by atoms with van der Waals surface area (Å²) in [6.07, 6.45) is 26.0. The SMILES string of the molecule is CCCCCCCCCCCCC(=O)Oc1ccc(C2=CS/C(=C3/SC=C(c4ccc(OC(=O)CCCCCCCCCCCC)cc4)S3)S2)cc1. The van der Waals surface area contributed by atoms with Crippen LogP contribution in [-0.4, -0.2) is 11.9 Å². The van der Waals surface area contributed by atoms with Gasteiger partial charge in [-0.2, -0.15) is 0 Å². The summed E-state index contributed by atoms with van der Waals surface area (Å²) in [6, 6.07) is 15.8. The van der Waals surface area contributed by atoms with Crippen LogP contribution in [0.25, 0.3) is 9.81 Å². The van der Waals surface area contributed by atoms with E-state index < -0.39 is 0 Å². The van der Waals surface area contributed by atoms with Crippen molar-refractivity contribution in [2.75, 3.05) is 0 Å². The molecule has 52 heavy (non-hydrogen) atoms. The van der Waals surface area contributed by atoms with Crippen LogP contribution in [0.3, 0.4) is 0 Å². The number of carbonyl (C=O) groups is 2. The highest BCUT2D eigenvalue weighted by atomic mass is 32.2. The number of hydrogen-bond acceptors (Lipinski definition) is 8. The summed E-state index contributed by atoms with van der Waals surface area (Å²) < 4.78 is 13.8. The number of carbonyl (C=O) groups excluding carboxylic acids is 2. The molecule has 0 fully saturated rings. The molecular formula is C44H60O4S4. The summed E-state index contributed by atoms with van der Waals surface area (Å²) in [4.78, 5) is 27.2. The lowest BCUT2D eigenvalue weighted by Crippen LogP contribution is -2.07. The van der Waals surface area contributed by atoms with Gasteiger partial charge in [0.2, 0.25) is 0 Å². The molecule has 2 aliphatic rings. The topological polar surface area (TPSA) is 52.6 Å². The van der Waals surface area contributed by atoms with Crippen LogP contribution in [0.15, 0.2) is 67.8 Å². The average molecular weight is 781 g/mol. The number of ether oxygens (including phenoxy) is 2. The molecule has 2 aliphatic heterocycles. The lowest BCUT2D eigenvalue weighted by molar-refractivity contribution is -0.135. The minimum Gasteiger partial charge on any atom is -0.427 e. The number of hydrogen-bond donors (Lipinski definition) is 0. The summed E-state index contributed by atoms with van der Waals surface area (Å²) in [6.45, 7) is 4.51. The quantitative estimate of drug-likeness (QED) is 0.0531. The first kappa shape index (κ1) is 42.7. The second-order valence-electron chi connectivity index (χ2n) is 13.8. The molecule has 0 unspecified atom stereocenters. The van der Waals surface area contributed by atoms with Gasteiger partial charge in [0.1, 0.15) is 11.5 Å². The van der Waals surface area contributed by atoms with Gasteiger partial charge in [-0.25, -0.2) is 0 Å². The molecule has 4 rings (SSSR count). The zero-order valence-corrected chi connectivity index (χ0v) is 34.9. The maximum atomic E-state index is 12.4. The molecule has 0 spiro atoms. The van der Waals surface area contributed by atoms with Crippen molar-refractivity contribution in [2.24, 2.45) is 0 Å². The molecule has 0 amide bonds. The molecule has 0 saturated carbocycles. The molecule has 8 heteroatoms. The minimum atomic E-state index is -0.141. The second kappa shape index (κ2) is 25.9. The normalized spacial score (nSPS) is 15.5. The van der Waals surface area contributed by atoms with E-state index in [0.29, 0.717) is 24.3 Å². The molecule has 0 radical (unpaired) electrons. The third kappa shape index (κ3) is 16.6. The van der Waals surface area contributed by atoms with Crippen molar-refractivity contribution in [1.82, 2.24) is 0 Å². The highest BCUT2D eigenvalue weighted by molar-refractivity contribution is 8.36. The lowest BCUT2D eigenvalue weighted by Gasteiger charge is -2.08. The van der Waals surface area contributed by atoms with Crippen LogP contribution in [0.5, 0.6) is 11.5 Å². The maximum Gasteiger partial charge on any atom is 0.311 e. The number of rotatable bonds is 26. The summed E-state index contributed by atoms with van der Waals surface area (Å²) in [7, 11) is 0. The first-order chi connectivity index (χ1) is 25.6. The summed E-state index contributed by atoms with van der Waals surface area (Å²) >= 11 is 7.10. The maximum absolute atomic E-state index is 12.4. The van der Waals surface area contributed by atoms with Gasteiger partial charge in [-0.05, 0) is 59.1 Å². The third-order valence-corrected chi connectivity index (χ3v) is 14.7. The highest BCUT2D eigenvalue weighted by Gasteiger charge is 2.23. The van der Waals surface area contributed by atoms with Crippen molar-refractivity contribution in [2.45, 2.75) is 155 Å². The Hall–Kier alpha value is -2.00. The van der Waals surface area contributed by atoms with Crippen molar-refractivity contribution in [3.63, 3.8) is 0 Å². The molecule has 0 atom stereocenters. The van der Waals surface area contributed by atoms with E-state index in [2.05, 4.69) is 24.7 Å². The van der Waals surface area contributed by atoms with Crippen molar-refractivity contribution in [1.29, 1.82) is 0 Å². The fourth-order valence-corrected chi connectivity index (χ4v) is 11.1. The smallest absolute Gasteiger partial charge is 0.311 e. The number of esters is 2. The Bertz CT molecular complexity index is 1340. The van der Waals surface area contributed by atoms with Gasteiger partial charge in [-0.3, -0.25) is 9.59 Å². The van der Waals surface area contributed by atoms with Gasteiger partial charge in [0.15, 0.2) is 0 Å². The van der Waals surface area contributed by atoms with E-state index in [4.69, 9.17) is 9.47 Å². The van der Waals surface area contributed by atoms with Crippen molar-refractivity contribution in [3.8, 4) is 11.5 Å². The highest BCUT2D eigenvalue weighted by Crippen LogP contribution is 2.59. The summed E-state index contributed by atoms with van der Waals surface area (Å²) in [5.41, 5.74) is 2.25. The van der Waals surface area contributed by atoms with Gasteiger partial charge < -0.3 is 9.47 Å². The zero-order chi connectivity index (χ0) is 36.6. The predicted octanol–water partition coefficient (Wildman–Crippen LogP) is 15.5. The van der Waals surface area contributed by atoms with Crippen LogP contribution in [0.2, 0.25) is 0 Å². The largest absolute Gasteiger partial charge is 0.427 e. The molecule has 284 valence electrons. The Labute approximate surface area is 331 Å². The summed E-state index contributed by atoms with van der Waals surface area (Å²) in [5.74, 6) is 0.943. The fourth-order valence-electron chi connectivity index (χ4n) is 6.20. The number of unbranched alkanes of at least 4 members (excludes halogenated alkanes) is 18. The van der Waals surface area contributed by atoms with Crippen molar-refractivity contribution < 1.29 is 19.1 Å². The Balaban J connectivity index is 1.09.